The first kappa shape index (κ1) is 20.9. The smallest absolute Gasteiger partial charge is 0.339 e. The molecule has 2 amide bonds. The highest BCUT2D eigenvalue weighted by Gasteiger charge is 2.12. The van der Waals surface area contributed by atoms with Crippen LogP contribution in [0.25, 0.3) is 0 Å². The molecule has 154 valence electrons. The topological polar surface area (TPSA) is 72.0 Å². The van der Waals surface area contributed by atoms with Crippen LogP contribution in [-0.2, 0) is 0 Å². The number of ether oxygens (including phenoxy) is 2. The Morgan fingerprint density at radius 3 is 2.40 bits per heavy atom. The minimum Gasteiger partial charge on any atom is -0.490 e. The number of benzene rings is 3. The van der Waals surface area contributed by atoms with Gasteiger partial charge in [0.2, 0.25) is 0 Å². The van der Waals surface area contributed by atoms with Crippen LogP contribution in [0, 0.1) is 0 Å². The van der Waals surface area contributed by atoms with Crippen molar-refractivity contribution >= 4 is 17.9 Å². The third-order valence-corrected chi connectivity index (χ3v) is 4.25. The summed E-state index contributed by atoms with van der Waals surface area (Å²) in [5.74, 6) is 1.28. The lowest BCUT2D eigenvalue weighted by molar-refractivity contribution is 0.211. The summed E-state index contributed by atoms with van der Waals surface area (Å²) in [6, 6.07) is 24.3. The highest BCUT2D eigenvalue weighted by molar-refractivity contribution is 5.90. The first-order valence-electron chi connectivity index (χ1n) is 9.79. The highest BCUT2D eigenvalue weighted by Crippen LogP contribution is 2.32. The van der Waals surface area contributed by atoms with E-state index in [0.717, 1.165) is 11.1 Å². The summed E-state index contributed by atoms with van der Waals surface area (Å²) < 4.78 is 11.8. The van der Waals surface area contributed by atoms with Gasteiger partial charge in [0.05, 0.1) is 12.8 Å². The molecule has 0 saturated heterocycles. The van der Waals surface area contributed by atoms with E-state index >= 15 is 0 Å². The molecule has 0 fully saturated rings. The zero-order chi connectivity index (χ0) is 21.2. The van der Waals surface area contributed by atoms with Gasteiger partial charge in [0.1, 0.15) is 6.10 Å². The molecule has 2 N–H and O–H groups in total. The Hall–Kier alpha value is -3.80. The van der Waals surface area contributed by atoms with Crippen molar-refractivity contribution in [3.63, 3.8) is 0 Å². The Bertz CT molecular complexity index is 976. The van der Waals surface area contributed by atoms with E-state index in [0.29, 0.717) is 23.8 Å². The third-order valence-electron chi connectivity index (χ3n) is 4.25. The lowest BCUT2D eigenvalue weighted by atomic mass is 10.1. The zero-order valence-electron chi connectivity index (χ0n) is 17.0. The first-order chi connectivity index (χ1) is 14.7. The van der Waals surface area contributed by atoms with E-state index in [1.807, 2.05) is 80.6 Å². The molecule has 0 spiro atoms. The number of hydrazone groups is 1. The van der Waals surface area contributed by atoms with Gasteiger partial charge in [0.25, 0.3) is 0 Å². The second-order valence-electron chi connectivity index (χ2n) is 6.50. The second kappa shape index (κ2) is 10.7. The lowest BCUT2D eigenvalue weighted by Gasteiger charge is -2.18. The molecule has 3 aromatic rings. The van der Waals surface area contributed by atoms with E-state index in [1.54, 1.807) is 18.3 Å². The number of para-hydroxylation sites is 1. The molecule has 6 heteroatoms. The minimum absolute atomic E-state index is 0.117. The fourth-order valence-corrected chi connectivity index (χ4v) is 2.80. The van der Waals surface area contributed by atoms with Gasteiger partial charge in [-0.15, -0.1) is 0 Å². The maximum Gasteiger partial charge on any atom is 0.339 e. The number of rotatable bonds is 8. The normalized spacial score (nSPS) is 11.7. The number of hydrogen-bond donors (Lipinski definition) is 2. The van der Waals surface area contributed by atoms with Crippen molar-refractivity contribution in [3.8, 4) is 11.5 Å². The van der Waals surface area contributed by atoms with Gasteiger partial charge in [-0.3, -0.25) is 0 Å². The standard InChI is InChI=1S/C24H25N3O3/c1-3-29-23-16-19(17-25-27-24(28)26-21-12-8-5-9-13-21)14-15-22(23)30-18(2)20-10-6-4-7-11-20/h4-18H,3H2,1-2H3,(H2,26,27,28). The average Bonchev–Trinajstić information content (AvgIpc) is 2.77. The van der Waals surface area contributed by atoms with Crippen molar-refractivity contribution in [3.05, 3.63) is 90.0 Å². The molecule has 3 aromatic carbocycles. The van der Waals surface area contributed by atoms with Crippen LogP contribution in [0.3, 0.4) is 0 Å². The van der Waals surface area contributed by atoms with Crippen molar-refractivity contribution < 1.29 is 14.3 Å². The Morgan fingerprint density at radius 1 is 1.00 bits per heavy atom. The van der Waals surface area contributed by atoms with Crippen molar-refractivity contribution in [2.75, 3.05) is 11.9 Å². The lowest BCUT2D eigenvalue weighted by Crippen LogP contribution is -2.24. The van der Waals surface area contributed by atoms with Crippen LogP contribution >= 0.6 is 0 Å². The summed E-state index contributed by atoms with van der Waals surface area (Å²) in [6.45, 7) is 4.42. The van der Waals surface area contributed by atoms with Crippen LogP contribution in [0.1, 0.15) is 31.1 Å². The van der Waals surface area contributed by atoms with Crippen LogP contribution in [0.15, 0.2) is 84.0 Å². The molecule has 30 heavy (non-hydrogen) atoms. The molecule has 0 bridgehead atoms. The van der Waals surface area contributed by atoms with Crippen molar-refractivity contribution in [2.24, 2.45) is 5.10 Å². The second-order valence-corrected chi connectivity index (χ2v) is 6.50. The maximum atomic E-state index is 11.9. The van der Waals surface area contributed by atoms with E-state index in [2.05, 4.69) is 15.8 Å². The molecule has 0 aliphatic carbocycles. The fraction of sp³-hybridized carbons (Fsp3) is 0.167. The van der Waals surface area contributed by atoms with Crippen LogP contribution in [0.2, 0.25) is 0 Å². The quantitative estimate of drug-likeness (QED) is 0.392. The summed E-state index contributed by atoms with van der Waals surface area (Å²) in [6.07, 6.45) is 1.44. The van der Waals surface area contributed by atoms with E-state index in [-0.39, 0.29) is 6.10 Å². The first-order valence-corrected chi connectivity index (χ1v) is 9.79. The van der Waals surface area contributed by atoms with Crippen LogP contribution in [-0.4, -0.2) is 18.9 Å². The van der Waals surface area contributed by atoms with E-state index in [4.69, 9.17) is 9.47 Å². The number of nitrogens with one attached hydrogen (secondary N) is 2. The predicted octanol–water partition coefficient (Wildman–Crippen LogP) is 5.38. The van der Waals surface area contributed by atoms with Crippen molar-refractivity contribution in [1.29, 1.82) is 0 Å². The SMILES string of the molecule is CCOc1cc(C=NNC(=O)Nc2ccccc2)ccc1OC(C)c1ccccc1. The molecule has 0 radical (unpaired) electrons. The molecule has 0 heterocycles. The molecule has 6 nitrogen and oxygen atoms in total. The monoisotopic (exact) mass is 403 g/mol. The largest absolute Gasteiger partial charge is 0.490 e. The molecule has 0 aromatic heterocycles. The van der Waals surface area contributed by atoms with E-state index < -0.39 is 6.03 Å². The molecule has 3 rings (SSSR count). The summed E-state index contributed by atoms with van der Waals surface area (Å²) in [5, 5.41) is 6.69. The van der Waals surface area contributed by atoms with E-state index in [1.165, 1.54) is 0 Å². The molecule has 0 saturated carbocycles. The van der Waals surface area contributed by atoms with Gasteiger partial charge < -0.3 is 14.8 Å². The maximum absolute atomic E-state index is 11.9. The molecule has 1 unspecified atom stereocenters. The number of nitrogens with zero attached hydrogens (tertiary/aromatic N) is 1. The number of urea groups is 1. The average molecular weight is 403 g/mol. The van der Waals surface area contributed by atoms with Crippen LogP contribution in [0.5, 0.6) is 11.5 Å². The summed E-state index contributed by atoms with van der Waals surface area (Å²) in [7, 11) is 0. The zero-order valence-corrected chi connectivity index (χ0v) is 17.0. The van der Waals surface area contributed by atoms with Gasteiger partial charge in [-0.25, -0.2) is 10.2 Å². The summed E-state index contributed by atoms with van der Waals surface area (Å²) in [5.41, 5.74) is 5.00. The van der Waals surface area contributed by atoms with Gasteiger partial charge >= 0.3 is 6.03 Å². The van der Waals surface area contributed by atoms with Crippen LogP contribution < -0.4 is 20.2 Å². The number of carbonyl (C=O) groups excluding carboxylic acids is 1. The van der Waals surface area contributed by atoms with Crippen LogP contribution in [0.4, 0.5) is 10.5 Å². The highest BCUT2D eigenvalue weighted by atomic mass is 16.5. The Kier molecular flexibility index (Phi) is 7.44. The Labute approximate surface area is 176 Å². The summed E-state index contributed by atoms with van der Waals surface area (Å²) >= 11 is 0. The Morgan fingerprint density at radius 2 is 1.70 bits per heavy atom. The molecular weight excluding hydrogens is 378 g/mol. The van der Waals surface area contributed by atoms with Crippen molar-refractivity contribution in [2.45, 2.75) is 20.0 Å². The van der Waals surface area contributed by atoms with Gasteiger partial charge in [0.15, 0.2) is 11.5 Å². The number of anilines is 1. The summed E-state index contributed by atoms with van der Waals surface area (Å²) in [4.78, 5) is 11.9. The van der Waals surface area contributed by atoms with Gasteiger partial charge in [-0.1, -0.05) is 48.5 Å². The third kappa shape index (κ3) is 6.10. The van der Waals surface area contributed by atoms with Gasteiger partial charge in [0, 0.05) is 5.69 Å². The molecule has 0 aliphatic heterocycles. The number of amides is 2. The van der Waals surface area contributed by atoms with Gasteiger partial charge in [-0.2, -0.15) is 5.10 Å². The Balaban J connectivity index is 1.63. The van der Waals surface area contributed by atoms with E-state index in [9.17, 15) is 4.79 Å². The molecular formula is C24H25N3O3. The molecule has 1 atom stereocenters. The number of carbonyl (C=O) groups is 1. The fourth-order valence-electron chi connectivity index (χ4n) is 2.80. The van der Waals surface area contributed by atoms with Gasteiger partial charge in [-0.05, 0) is 55.3 Å². The molecule has 0 aliphatic rings. The number of hydrogen-bond acceptors (Lipinski definition) is 4. The van der Waals surface area contributed by atoms with Crippen molar-refractivity contribution in [1.82, 2.24) is 5.43 Å². The predicted molar refractivity (Wildman–Crippen MR) is 119 cm³/mol. The minimum atomic E-state index is -0.417.